The highest BCUT2D eigenvalue weighted by atomic mass is 16.7. The fourth-order valence-corrected chi connectivity index (χ4v) is 6.52. The molecule has 258 valence electrons. The first-order valence-electron chi connectivity index (χ1n) is 17.3. The van der Waals surface area contributed by atoms with Gasteiger partial charge in [-0.15, -0.1) is 0 Å². The van der Waals surface area contributed by atoms with E-state index in [2.05, 4.69) is 41.4 Å². The monoisotopic (exact) mass is 670 g/mol. The number of nitrogens with zero attached hydrogens (tertiary/aromatic N) is 1. The van der Waals surface area contributed by atoms with Crippen LogP contribution in [0.1, 0.15) is 70.5 Å². The van der Waals surface area contributed by atoms with Crippen molar-refractivity contribution in [1.29, 1.82) is 0 Å². The minimum atomic E-state index is -0.639. The Kier molecular flexibility index (Phi) is 11.5. The number of benzene rings is 5. The molecule has 3 N–H and O–H groups in total. The zero-order valence-electron chi connectivity index (χ0n) is 28.9. The van der Waals surface area contributed by atoms with Crippen LogP contribution in [-0.4, -0.2) is 46.8 Å². The molecule has 50 heavy (non-hydrogen) atoms. The third kappa shape index (κ3) is 8.38. The Morgan fingerprint density at radius 1 is 0.780 bits per heavy atom. The molecule has 0 aliphatic carbocycles. The fourth-order valence-electron chi connectivity index (χ4n) is 6.52. The van der Waals surface area contributed by atoms with Crippen LogP contribution >= 0.6 is 0 Å². The van der Waals surface area contributed by atoms with Gasteiger partial charge in [0.1, 0.15) is 0 Å². The maximum absolute atomic E-state index is 12.6. The zero-order valence-corrected chi connectivity index (χ0v) is 28.9. The smallest absolute Gasteiger partial charge is 0.251 e. The summed E-state index contributed by atoms with van der Waals surface area (Å²) in [4.78, 5) is 14.7. The van der Waals surface area contributed by atoms with Gasteiger partial charge >= 0.3 is 0 Å². The number of carbonyl (C=O) groups excluding carboxylic acids is 1. The van der Waals surface area contributed by atoms with Gasteiger partial charge in [0, 0.05) is 36.2 Å². The molecular weight excluding hydrogens is 624 g/mol. The van der Waals surface area contributed by atoms with E-state index in [1.165, 1.54) is 0 Å². The van der Waals surface area contributed by atoms with Crippen molar-refractivity contribution in [1.82, 2.24) is 10.2 Å². The number of ether oxygens (including phenoxy) is 2. The first-order chi connectivity index (χ1) is 24.3. The van der Waals surface area contributed by atoms with Crippen LogP contribution in [0.25, 0.3) is 11.1 Å². The van der Waals surface area contributed by atoms with E-state index in [0.717, 1.165) is 38.9 Å². The lowest BCUT2D eigenvalue weighted by Crippen LogP contribution is -2.46. The Bertz CT molecular complexity index is 1810. The second-order valence-corrected chi connectivity index (χ2v) is 13.2. The molecule has 0 aromatic heterocycles. The molecule has 6 atom stereocenters. The summed E-state index contributed by atoms with van der Waals surface area (Å²) in [6.45, 7) is 5.20. The molecule has 0 spiro atoms. The summed E-state index contributed by atoms with van der Waals surface area (Å²) in [5, 5.41) is 23.8. The number of nitrogens with one attached hydrogen (secondary N) is 1. The van der Waals surface area contributed by atoms with Crippen molar-refractivity contribution >= 4 is 5.91 Å². The Labute approximate surface area is 295 Å². The average Bonchev–Trinajstić information content (AvgIpc) is 3.18. The molecule has 1 saturated heterocycles. The number of hydrogen-bond donors (Lipinski definition) is 3. The van der Waals surface area contributed by atoms with Crippen molar-refractivity contribution in [3.8, 4) is 11.1 Å². The number of likely N-dealkylation sites (N-methyl/N-ethyl adjacent to an activating group) is 1. The van der Waals surface area contributed by atoms with Crippen molar-refractivity contribution in [3.05, 3.63) is 167 Å². The highest BCUT2D eigenvalue weighted by molar-refractivity contribution is 5.94. The molecule has 0 radical (unpaired) electrons. The van der Waals surface area contributed by atoms with E-state index in [1.54, 1.807) is 12.1 Å². The van der Waals surface area contributed by atoms with Crippen LogP contribution < -0.4 is 5.32 Å². The van der Waals surface area contributed by atoms with Crippen molar-refractivity contribution in [2.45, 2.75) is 57.6 Å². The Balaban J connectivity index is 1.19. The second kappa shape index (κ2) is 16.4. The highest BCUT2D eigenvalue weighted by Gasteiger charge is 2.39. The molecule has 0 saturated carbocycles. The first-order valence-corrected chi connectivity index (χ1v) is 17.3. The van der Waals surface area contributed by atoms with Gasteiger partial charge in [0.2, 0.25) is 0 Å². The van der Waals surface area contributed by atoms with E-state index in [9.17, 15) is 15.0 Å². The van der Waals surface area contributed by atoms with Crippen LogP contribution in [0.2, 0.25) is 0 Å². The second-order valence-electron chi connectivity index (χ2n) is 13.2. The Hall–Kier alpha value is -4.63. The summed E-state index contributed by atoms with van der Waals surface area (Å²) >= 11 is 0. The lowest BCUT2D eigenvalue weighted by molar-refractivity contribution is -0.276. The number of amides is 1. The van der Waals surface area contributed by atoms with Gasteiger partial charge in [-0.3, -0.25) is 9.69 Å². The molecule has 1 aliphatic rings. The third-order valence-electron chi connectivity index (χ3n) is 9.82. The van der Waals surface area contributed by atoms with Gasteiger partial charge in [-0.25, -0.2) is 0 Å². The van der Waals surface area contributed by atoms with Gasteiger partial charge in [-0.2, -0.15) is 0 Å². The van der Waals surface area contributed by atoms with Crippen LogP contribution in [0.4, 0.5) is 0 Å². The number of carbonyl (C=O) groups is 1. The van der Waals surface area contributed by atoms with E-state index in [-0.39, 0.29) is 36.7 Å². The molecule has 5 aromatic rings. The number of rotatable bonds is 12. The minimum absolute atomic E-state index is 0.0131. The van der Waals surface area contributed by atoms with Gasteiger partial charge in [-0.1, -0.05) is 122 Å². The molecule has 7 heteroatoms. The summed E-state index contributed by atoms with van der Waals surface area (Å²) < 4.78 is 13.4. The highest BCUT2D eigenvalue weighted by Crippen LogP contribution is 2.42. The summed E-state index contributed by atoms with van der Waals surface area (Å²) in [6.07, 6.45) is -1.67. The van der Waals surface area contributed by atoms with Crippen molar-refractivity contribution in [2.24, 2.45) is 5.92 Å². The molecule has 1 heterocycles. The topological polar surface area (TPSA) is 91.3 Å². The predicted molar refractivity (Wildman–Crippen MR) is 196 cm³/mol. The van der Waals surface area contributed by atoms with Crippen LogP contribution in [-0.2, 0) is 22.6 Å². The zero-order chi connectivity index (χ0) is 35.0. The largest absolute Gasteiger partial charge is 0.392 e. The van der Waals surface area contributed by atoms with E-state index in [1.807, 2.05) is 111 Å². The van der Waals surface area contributed by atoms with E-state index < -0.39 is 12.4 Å². The SMILES string of the molecule is C[C@@H]1[C@H](CN(C)[C@@H](C)[C@H](O)c2ccccc2)O[C@H](c2ccc(-c3cccc(CNC(=O)c4ccccc4)c3)cc2)O[C@@H]1c1ccc(CO)cc1. The summed E-state index contributed by atoms with van der Waals surface area (Å²) in [5.74, 6) is -0.0877. The Morgan fingerprint density at radius 3 is 2.12 bits per heavy atom. The molecule has 0 unspecified atom stereocenters. The van der Waals surface area contributed by atoms with Crippen LogP contribution in [0, 0.1) is 5.92 Å². The summed E-state index contributed by atoms with van der Waals surface area (Å²) in [7, 11) is 2.03. The van der Waals surface area contributed by atoms with Crippen LogP contribution in [0.5, 0.6) is 0 Å². The molecular formula is C43H46N2O5. The Morgan fingerprint density at radius 2 is 1.44 bits per heavy atom. The van der Waals surface area contributed by atoms with Crippen LogP contribution in [0.3, 0.4) is 0 Å². The van der Waals surface area contributed by atoms with E-state index in [4.69, 9.17) is 9.47 Å². The van der Waals surface area contributed by atoms with Crippen molar-refractivity contribution in [3.63, 3.8) is 0 Å². The molecule has 1 fully saturated rings. The van der Waals surface area contributed by atoms with Crippen molar-refractivity contribution < 1.29 is 24.5 Å². The predicted octanol–water partition coefficient (Wildman–Crippen LogP) is 7.62. The molecule has 6 rings (SSSR count). The van der Waals surface area contributed by atoms with Gasteiger partial charge in [-0.05, 0) is 65.6 Å². The lowest BCUT2D eigenvalue weighted by Gasteiger charge is -2.43. The number of hydrogen-bond acceptors (Lipinski definition) is 6. The van der Waals surface area contributed by atoms with Crippen molar-refractivity contribution in [2.75, 3.05) is 13.6 Å². The first kappa shape index (κ1) is 35.2. The molecule has 0 bridgehead atoms. The maximum Gasteiger partial charge on any atom is 0.251 e. The maximum atomic E-state index is 12.6. The number of aliphatic hydroxyl groups excluding tert-OH is 2. The van der Waals surface area contributed by atoms with E-state index in [0.29, 0.717) is 18.7 Å². The minimum Gasteiger partial charge on any atom is -0.392 e. The summed E-state index contributed by atoms with van der Waals surface area (Å²) in [5.41, 5.74) is 7.42. The van der Waals surface area contributed by atoms with Gasteiger partial charge in [0.05, 0.1) is 24.9 Å². The van der Waals surface area contributed by atoms with Crippen LogP contribution in [0.15, 0.2) is 133 Å². The summed E-state index contributed by atoms with van der Waals surface area (Å²) in [6, 6.07) is 43.2. The van der Waals surface area contributed by atoms with E-state index >= 15 is 0 Å². The van der Waals surface area contributed by atoms with Gasteiger partial charge in [0.25, 0.3) is 5.91 Å². The lowest BCUT2D eigenvalue weighted by atomic mass is 9.89. The van der Waals surface area contributed by atoms with Gasteiger partial charge < -0.3 is 25.0 Å². The normalized spacial score (nSPS) is 20.3. The number of aliphatic hydroxyl groups is 2. The standard InChI is InChI=1S/C43H46N2O5/c1-29-39(27-45(3)30(2)40(47)34-12-6-4-7-13-34)49-43(50-41(29)35-19-17-31(28-46)18-20-35)37-23-21-33(22-24-37)38-16-10-11-32(25-38)26-44-42(48)36-14-8-5-9-15-36/h4-25,29-30,39-41,43,46-47H,26-28H2,1-3H3,(H,44,48)/t29-,30+,39+,40+,41+,43+/m1/s1. The fraction of sp³-hybridized carbons (Fsp3) is 0.279. The average molecular weight is 671 g/mol. The quantitative estimate of drug-likeness (QED) is 0.127. The molecule has 7 nitrogen and oxygen atoms in total. The molecule has 1 aliphatic heterocycles. The van der Waals surface area contributed by atoms with Gasteiger partial charge in [0.15, 0.2) is 6.29 Å². The molecule has 5 aromatic carbocycles. The molecule has 1 amide bonds. The third-order valence-corrected chi connectivity index (χ3v) is 9.82.